The molecule has 1 aliphatic rings. The summed E-state index contributed by atoms with van der Waals surface area (Å²) in [6.45, 7) is 3.96. The van der Waals surface area contributed by atoms with Gasteiger partial charge in [-0.2, -0.15) is 0 Å². The second-order valence-corrected chi connectivity index (χ2v) is 11.4. The van der Waals surface area contributed by atoms with Gasteiger partial charge >= 0.3 is 5.97 Å². The highest BCUT2D eigenvalue weighted by atomic mass is 35.5. The maximum atomic E-state index is 12.9. The van der Waals surface area contributed by atoms with E-state index in [1.54, 1.807) is 12.1 Å². The molecule has 0 amide bonds. The second kappa shape index (κ2) is 11.0. The normalized spacial score (nSPS) is 16.2. The number of sulfonamides is 1. The summed E-state index contributed by atoms with van der Waals surface area (Å²) in [5.74, 6) is -0.0498. The highest BCUT2D eigenvalue weighted by Crippen LogP contribution is 2.32. The van der Waals surface area contributed by atoms with Crippen molar-refractivity contribution in [1.82, 2.24) is 4.72 Å². The highest BCUT2D eigenvalue weighted by molar-refractivity contribution is 7.89. The van der Waals surface area contributed by atoms with Crippen molar-refractivity contribution in [3.8, 4) is 5.75 Å². The smallest absolute Gasteiger partial charge is 0.303 e. The van der Waals surface area contributed by atoms with Gasteiger partial charge in [-0.25, -0.2) is 13.1 Å². The van der Waals surface area contributed by atoms with Crippen molar-refractivity contribution in [1.29, 1.82) is 0 Å². The summed E-state index contributed by atoms with van der Waals surface area (Å²) >= 11 is 5.91. The minimum Gasteiger partial charge on any atom is -0.486 e. The largest absolute Gasteiger partial charge is 0.486 e. The average Bonchev–Trinajstić information content (AvgIpc) is 2.83. The number of aliphatic carboxylic acids is 1. The van der Waals surface area contributed by atoms with E-state index in [0.717, 1.165) is 33.6 Å². The monoisotopic (exact) mass is 527 g/mol. The topological polar surface area (TPSA) is 92.7 Å². The van der Waals surface area contributed by atoms with Gasteiger partial charge in [-0.05, 0) is 97.7 Å². The van der Waals surface area contributed by atoms with Crippen molar-refractivity contribution in [3.05, 3.63) is 93.5 Å². The SMILES string of the molecule is Cc1ccccc1OC(C)c1cc(CCC(=O)O)c2c(c1)CC(NS(=O)(=O)c1ccc(Cl)cc1)CC2. The number of halogens is 1. The van der Waals surface area contributed by atoms with Crippen LogP contribution in [0.4, 0.5) is 0 Å². The van der Waals surface area contributed by atoms with Crippen LogP contribution >= 0.6 is 11.6 Å². The number of benzene rings is 3. The van der Waals surface area contributed by atoms with Gasteiger partial charge in [0, 0.05) is 17.5 Å². The highest BCUT2D eigenvalue weighted by Gasteiger charge is 2.27. The lowest BCUT2D eigenvalue weighted by molar-refractivity contribution is -0.136. The van der Waals surface area contributed by atoms with Crippen LogP contribution in [0.3, 0.4) is 0 Å². The van der Waals surface area contributed by atoms with Gasteiger partial charge < -0.3 is 9.84 Å². The average molecular weight is 528 g/mol. The number of aryl methyl sites for hydroxylation is 2. The summed E-state index contributed by atoms with van der Waals surface area (Å²) in [7, 11) is -3.69. The van der Waals surface area contributed by atoms with E-state index in [1.165, 1.54) is 12.1 Å². The number of nitrogens with one attached hydrogen (secondary N) is 1. The number of para-hydroxylation sites is 1. The molecule has 2 unspecified atom stereocenters. The van der Waals surface area contributed by atoms with Crippen LogP contribution in [0.2, 0.25) is 5.02 Å². The molecule has 3 aromatic carbocycles. The van der Waals surface area contributed by atoms with E-state index >= 15 is 0 Å². The van der Waals surface area contributed by atoms with E-state index < -0.39 is 16.0 Å². The molecule has 1 aliphatic carbocycles. The molecular weight excluding hydrogens is 498 g/mol. The Hall–Kier alpha value is -2.87. The van der Waals surface area contributed by atoms with Gasteiger partial charge in [-0.1, -0.05) is 41.9 Å². The first kappa shape index (κ1) is 26.2. The maximum Gasteiger partial charge on any atom is 0.303 e. The lowest BCUT2D eigenvalue weighted by Gasteiger charge is -2.29. The van der Waals surface area contributed by atoms with E-state index in [0.29, 0.717) is 30.7 Å². The Labute approximate surface area is 217 Å². The standard InChI is InChI=1S/C28H30ClNO5S/c1-18-5-3-4-6-27(18)35-19(2)21-15-20(7-14-28(31)32)26-13-10-24(17-22(26)16-21)30-36(33,34)25-11-8-23(29)9-12-25/h3-6,8-9,11-12,15-16,19,24,30H,7,10,13-14,17H2,1-2H3,(H,31,32). The first-order valence-electron chi connectivity index (χ1n) is 12.0. The predicted octanol–water partition coefficient (Wildman–Crippen LogP) is 5.64. The van der Waals surface area contributed by atoms with Crippen molar-refractivity contribution in [2.75, 3.05) is 0 Å². The fraction of sp³-hybridized carbons (Fsp3) is 0.321. The Morgan fingerprint density at radius 3 is 2.58 bits per heavy atom. The van der Waals surface area contributed by atoms with Gasteiger partial charge in [0.15, 0.2) is 0 Å². The van der Waals surface area contributed by atoms with Crippen molar-refractivity contribution >= 4 is 27.6 Å². The molecule has 0 spiro atoms. The lowest BCUT2D eigenvalue weighted by atomic mass is 9.82. The number of hydrogen-bond donors (Lipinski definition) is 2. The van der Waals surface area contributed by atoms with Gasteiger partial charge in [0.2, 0.25) is 10.0 Å². The molecule has 0 aliphatic heterocycles. The van der Waals surface area contributed by atoms with Gasteiger partial charge in [0.05, 0.1) is 4.90 Å². The Kier molecular flexibility index (Phi) is 8.03. The number of rotatable bonds is 9. The molecule has 0 saturated carbocycles. The third-order valence-corrected chi connectivity index (χ3v) is 8.38. The maximum absolute atomic E-state index is 12.9. The van der Waals surface area contributed by atoms with Crippen LogP contribution in [0.15, 0.2) is 65.6 Å². The summed E-state index contributed by atoms with van der Waals surface area (Å²) in [5.41, 5.74) is 5.11. The number of fused-ring (bicyclic) bond motifs is 1. The molecule has 8 heteroatoms. The van der Waals surface area contributed by atoms with Crippen LogP contribution in [0.25, 0.3) is 0 Å². The second-order valence-electron chi connectivity index (χ2n) is 9.25. The van der Waals surface area contributed by atoms with E-state index in [1.807, 2.05) is 44.2 Å². The number of carboxylic acids is 1. The fourth-order valence-corrected chi connectivity index (χ4v) is 6.06. The molecule has 6 nitrogen and oxygen atoms in total. The van der Waals surface area contributed by atoms with Crippen molar-refractivity contribution in [3.63, 3.8) is 0 Å². The molecule has 190 valence electrons. The third-order valence-electron chi connectivity index (χ3n) is 6.59. The summed E-state index contributed by atoms with van der Waals surface area (Å²) in [5, 5.41) is 9.74. The number of hydrogen-bond acceptors (Lipinski definition) is 4. The molecule has 0 heterocycles. The van der Waals surface area contributed by atoms with Gasteiger partial charge in [-0.3, -0.25) is 4.79 Å². The zero-order valence-electron chi connectivity index (χ0n) is 20.3. The molecule has 0 bridgehead atoms. The number of ether oxygens (including phenoxy) is 1. The van der Waals surface area contributed by atoms with Crippen LogP contribution in [-0.4, -0.2) is 25.5 Å². The first-order chi connectivity index (χ1) is 17.1. The van der Waals surface area contributed by atoms with Gasteiger partial charge in [0.1, 0.15) is 11.9 Å². The van der Waals surface area contributed by atoms with Crippen LogP contribution in [0.5, 0.6) is 5.75 Å². The zero-order valence-corrected chi connectivity index (χ0v) is 21.9. The first-order valence-corrected chi connectivity index (χ1v) is 13.8. The lowest BCUT2D eigenvalue weighted by Crippen LogP contribution is -2.39. The quantitative estimate of drug-likeness (QED) is 0.375. The number of carboxylic acid groups (broad SMARTS) is 1. The Bertz CT molecular complexity index is 1350. The van der Waals surface area contributed by atoms with Crippen molar-refractivity contribution in [2.24, 2.45) is 0 Å². The molecule has 2 N–H and O–H groups in total. The molecule has 0 fully saturated rings. The molecular formula is C28H30ClNO5S. The molecule has 0 saturated heterocycles. The molecule has 4 rings (SSSR count). The minimum absolute atomic E-state index is 0.0373. The van der Waals surface area contributed by atoms with Gasteiger partial charge in [-0.15, -0.1) is 0 Å². The fourth-order valence-electron chi connectivity index (χ4n) is 4.66. The molecule has 3 aromatic rings. The van der Waals surface area contributed by atoms with Crippen molar-refractivity contribution in [2.45, 2.75) is 63.0 Å². The van der Waals surface area contributed by atoms with Crippen LogP contribution in [0.1, 0.15) is 53.7 Å². The van der Waals surface area contributed by atoms with Crippen LogP contribution in [-0.2, 0) is 34.1 Å². The summed E-state index contributed by atoms with van der Waals surface area (Å²) in [4.78, 5) is 11.5. The van der Waals surface area contributed by atoms with E-state index in [2.05, 4.69) is 10.8 Å². The Morgan fingerprint density at radius 1 is 1.17 bits per heavy atom. The minimum atomic E-state index is -3.69. The molecule has 0 radical (unpaired) electrons. The third kappa shape index (κ3) is 6.27. The van der Waals surface area contributed by atoms with Crippen molar-refractivity contribution < 1.29 is 23.1 Å². The zero-order chi connectivity index (χ0) is 25.9. The van der Waals surface area contributed by atoms with Gasteiger partial charge in [0.25, 0.3) is 0 Å². The molecule has 0 aromatic heterocycles. The molecule has 36 heavy (non-hydrogen) atoms. The molecule has 2 atom stereocenters. The van der Waals surface area contributed by atoms with Crippen LogP contribution in [0, 0.1) is 6.92 Å². The summed E-state index contributed by atoms with van der Waals surface area (Å²) in [6.07, 6.45) is 2.03. The predicted molar refractivity (Wildman–Crippen MR) is 140 cm³/mol. The summed E-state index contributed by atoms with van der Waals surface area (Å²) < 4.78 is 35.0. The van der Waals surface area contributed by atoms with Crippen LogP contribution < -0.4 is 9.46 Å². The summed E-state index contributed by atoms with van der Waals surface area (Å²) in [6, 6.07) is 17.8. The Balaban J connectivity index is 1.60. The van der Waals surface area contributed by atoms with E-state index in [4.69, 9.17) is 16.3 Å². The van der Waals surface area contributed by atoms with E-state index in [9.17, 15) is 18.3 Å². The Morgan fingerprint density at radius 2 is 1.89 bits per heavy atom. The van der Waals surface area contributed by atoms with E-state index in [-0.39, 0.29) is 23.5 Å². The number of carbonyl (C=O) groups is 1.